The number of carbonyl (C=O) groups excluding carboxylic acids is 1. The van der Waals surface area contributed by atoms with Crippen LogP contribution in [0.25, 0.3) is 11.1 Å². The molecule has 4 nitrogen and oxygen atoms in total. The number of primary amides is 1. The zero-order valence-corrected chi connectivity index (χ0v) is 11.9. The summed E-state index contributed by atoms with van der Waals surface area (Å²) in [5, 5.41) is 3.31. The summed E-state index contributed by atoms with van der Waals surface area (Å²) in [6.07, 6.45) is 6.00. The number of carbonyl (C=O) groups is 1. The summed E-state index contributed by atoms with van der Waals surface area (Å²) in [6.45, 7) is 0.845. The first-order valence-electron chi connectivity index (χ1n) is 7.24. The van der Waals surface area contributed by atoms with E-state index < -0.39 is 5.54 Å². The molecule has 1 aliphatic rings. The molecular formula is C17H19N3O. The predicted octanol–water partition coefficient (Wildman–Crippen LogP) is 1.90. The lowest BCUT2D eigenvalue weighted by atomic mass is 9.85. The molecule has 0 aliphatic carbocycles. The molecule has 1 saturated heterocycles. The number of hydrogen-bond donors (Lipinski definition) is 2. The standard InChI is InChI=1S/C17H19N3O/c18-16(21)17(8-4-10-20-17)11-13-5-1-2-7-15(13)14-6-3-9-19-12-14/h1-3,5-7,9,12,20H,4,8,10-11H2,(H2,18,21). The van der Waals surface area contributed by atoms with E-state index in [-0.39, 0.29) is 5.91 Å². The van der Waals surface area contributed by atoms with Gasteiger partial charge in [0.2, 0.25) is 5.91 Å². The first kappa shape index (κ1) is 13.8. The van der Waals surface area contributed by atoms with Gasteiger partial charge in [0.25, 0.3) is 0 Å². The molecule has 1 fully saturated rings. The fraction of sp³-hybridized carbons (Fsp3) is 0.294. The average Bonchev–Trinajstić information content (AvgIpc) is 2.99. The summed E-state index contributed by atoms with van der Waals surface area (Å²) in [4.78, 5) is 16.1. The third-order valence-electron chi connectivity index (χ3n) is 4.20. The van der Waals surface area contributed by atoms with Crippen molar-refractivity contribution < 1.29 is 4.79 Å². The minimum absolute atomic E-state index is 0.263. The molecule has 108 valence electrons. The molecule has 21 heavy (non-hydrogen) atoms. The van der Waals surface area contributed by atoms with Crippen LogP contribution in [0.1, 0.15) is 18.4 Å². The topological polar surface area (TPSA) is 68.0 Å². The molecular weight excluding hydrogens is 262 g/mol. The van der Waals surface area contributed by atoms with Crippen LogP contribution in [0.4, 0.5) is 0 Å². The number of benzene rings is 1. The Bertz CT molecular complexity index is 633. The van der Waals surface area contributed by atoms with Crippen molar-refractivity contribution in [3.8, 4) is 11.1 Å². The third kappa shape index (κ3) is 2.67. The monoisotopic (exact) mass is 281 g/mol. The molecule has 0 radical (unpaired) electrons. The van der Waals surface area contributed by atoms with Gasteiger partial charge in [0.15, 0.2) is 0 Å². The van der Waals surface area contributed by atoms with E-state index in [9.17, 15) is 4.79 Å². The van der Waals surface area contributed by atoms with Crippen LogP contribution in [0.2, 0.25) is 0 Å². The Kier molecular flexibility index (Phi) is 3.71. The van der Waals surface area contributed by atoms with Crippen molar-refractivity contribution in [1.29, 1.82) is 0 Å². The van der Waals surface area contributed by atoms with E-state index in [0.717, 1.165) is 36.1 Å². The zero-order chi connectivity index (χ0) is 14.7. The second-order valence-corrected chi connectivity index (χ2v) is 5.55. The van der Waals surface area contributed by atoms with Crippen LogP contribution in [0, 0.1) is 0 Å². The largest absolute Gasteiger partial charge is 0.368 e. The van der Waals surface area contributed by atoms with Crippen LogP contribution in [0.5, 0.6) is 0 Å². The Balaban J connectivity index is 1.98. The van der Waals surface area contributed by atoms with E-state index in [2.05, 4.69) is 22.4 Å². The number of pyridine rings is 1. The minimum Gasteiger partial charge on any atom is -0.368 e. The molecule has 1 aromatic heterocycles. The Morgan fingerprint density at radius 3 is 2.81 bits per heavy atom. The van der Waals surface area contributed by atoms with Gasteiger partial charge in [-0.05, 0) is 36.6 Å². The number of nitrogens with zero attached hydrogens (tertiary/aromatic N) is 1. The van der Waals surface area contributed by atoms with Gasteiger partial charge in [-0.25, -0.2) is 0 Å². The van der Waals surface area contributed by atoms with Crippen molar-refractivity contribution in [3.05, 3.63) is 54.4 Å². The van der Waals surface area contributed by atoms with Crippen molar-refractivity contribution in [2.45, 2.75) is 24.8 Å². The molecule has 0 spiro atoms. The highest BCUT2D eigenvalue weighted by molar-refractivity contribution is 5.86. The minimum atomic E-state index is -0.613. The lowest BCUT2D eigenvalue weighted by molar-refractivity contribution is -0.123. The number of hydrogen-bond acceptors (Lipinski definition) is 3. The normalized spacial score (nSPS) is 21.3. The van der Waals surface area contributed by atoms with Gasteiger partial charge in [-0.1, -0.05) is 30.3 Å². The summed E-state index contributed by atoms with van der Waals surface area (Å²) in [6, 6.07) is 12.1. The summed E-state index contributed by atoms with van der Waals surface area (Å²) >= 11 is 0. The highest BCUT2D eigenvalue weighted by Gasteiger charge is 2.39. The SMILES string of the molecule is NC(=O)C1(Cc2ccccc2-c2cccnc2)CCCN1. The van der Waals surface area contributed by atoms with Gasteiger partial charge >= 0.3 is 0 Å². The Morgan fingerprint density at radius 1 is 1.29 bits per heavy atom. The Labute approximate surface area is 124 Å². The molecule has 4 heteroatoms. The van der Waals surface area contributed by atoms with Gasteiger partial charge in [0.1, 0.15) is 5.54 Å². The summed E-state index contributed by atoms with van der Waals surface area (Å²) in [5.41, 5.74) is 8.34. The smallest absolute Gasteiger partial charge is 0.238 e. The van der Waals surface area contributed by atoms with Crippen LogP contribution >= 0.6 is 0 Å². The molecule has 0 bridgehead atoms. The molecule has 1 aliphatic heterocycles. The van der Waals surface area contributed by atoms with Gasteiger partial charge in [-0.15, -0.1) is 0 Å². The number of aromatic nitrogens is 1. The zero-order valence-electron chi connectivity index (χ0n) is 11.9. The van der Waals surface area contributed by atoms with E-state index in [1.54, 1.807) is 6.20 Å². The molecule has 2 heterocycles. The molecule has 1 amide bonds. The molecule has 3 rings (SSSR count). The lowest BCUT2D eigenvalue weighted by Crippen LogP contribution is -2.53. The van der Waals surface area contributed by atoms with Crippen molar-refractivity contribution in [3.63, 3.8) is 0 Å². The predicted molar refractivity (Wildman–Crippen MR) is 82.5 cm³/mol. The molecule has 1 aromatic carbocycles. The van der Waals surface area contributed by atoms with Crippen LogP contribution in [0.3, 0.4) is 0 Å². The first-order valence-corrected chi connectivity index (χ1v) is 7.24. The van der Waals surface area contributed by atoms with E-state index in [1.807, 2.05) is 30.5 Å². The summed E-state index contributed by atoms with van der Waals surface area (Å²) in [7, 11) is 0. The lowest BCUT2D eigenvalue weighted by Gasteiger charge is -2.27. The number of nitrogens with one attached hydrogen (secondary N) is 1. The second kappa shape index (κ2) is 5.66. The van der Waals surface area contributed by atoms with Crippen molar-refractivity contribution >= 4 is 5.91 Å². The van der Waals surface area contributed by atoms with Gasteiger partial charge in [0.05, 0.1) is 0 Å². The average molecular weight is 281 g/mol. The third-order valence-corrected chi connectivity index (χ3v) is 4.20. The van der Waals surface area contributed by atoms with Crippen LogP contribution in [0.15, 0.2) is 48.8 Å². The summed E-state index contributed by atoms with van der Waals surface area (Å²) in [5.74, 6) is -0.263. The Hall–Kier alpha value is -2.20. The van der Waals surface area contributed by atoms with E-state index in [0.29, 0.717) is 6.42 Å². The number of amides is 1. The van der Waals surface area contributed by atoms with E-state index >= 15 is 0 Å². The van der Waals surface area contributed by atoms with Gasteiger partial charge in [-0.2, -0.15) is 0 Å². The highest BCUT2D eigenvalue weighted by Crippen LogP contribution is 2.29. The van der Waals surface area contributed by atoms with Gasteiger partial charge in [0, 0.05) is 24.4 Å². The van der Waals surface area contributed by atoms with Gasteiger partial charge < -0.3 is 11.1 Å². The van der Waals surface area contributed by atoms with Crippen LogP contribution < -0.4 is 11.1 Å². The van der Waals surface area contributed by atoms with E-state index in [4.69, 9.17) is 5.73 Å². The van der Waals surface area contributed by atoms with Crippen molar-refractivity contribution in [2.75, 3.05) is 6.54 Å². The quantitative estimate of drug-likeness (QED) is 0.899. The maximum Gasteiger partial charge on any atom is 0.238 e. The fourth-order valence-corrected chi connectivity index (χ4v) is 3.06. The molecule has 1 atom stereocenters. The van der Waals surface area contributed by atoms with Crippen molar-refractivity contribution in [1.82, 2.24) is 10.3 Å². The van der Waals surface area contributed by atoms with Crippen LogP contribution in [-0.4, -0.2) is 23.0 Å². The molecule has 2 aromatic rings. The maximum absolute atomic E-state index is 11.9. The first-order chi connectivity index (χ1) is 10.2. The van der Waals surface area contributed by atoms with Gasteiger partial charge in [-0.3, -0.25) is 9.78 Å². The fourth-order valence-electron chi connectivity index (χ4n) is 3.06. The second-order valence-electron chi connectivity index (χ2n) is 5.55. The molecule has 3 N–H and O–H groups in total. The number of rotatable bonds is 4. The maximum atomic E-state index is 11.9. The highest BCUT2D eigenvalue weighted by atomic mass is 16.1. The molecule has 1 unspecified atom stereocenters. The van der Waals surface area contributed by atoms with Crippen LogP contribution in [-0.2, 0) is 11.2 Å². The van der Waals surface area contributed by atoms with E-state index in [1.165, 1.54) is 0 Å². The summed E-state index contributed by atoms with van der Waals surface area (Å²) < 4.78 is 0. The molecule has 0 saturated carbocycles. The number of nitrogens with two attached hydrogens (primary N) is 1. The Morgan fingerprint density at radius 2 is 2.14 bits per heavy atom. The van der Waals surface area contributed by atoms with Crippen molar-refractivity contribution in [2.24, 2.45) is 5.73 Å².